The first-order valence-corrected chi connectivity index (χ1v) is 6.52. The lowest BCUT2D eigenvalue weighted by Crippen LogP contribution is -2.11. The van der Waals surface area contributed by atoms with E-state index in [1.54, 1.807) is 6.08 Å². The minimum atomic E-state index is -0.550. The Bertz CT molecular complexity index is 428. The van der Waals surface area contributed by atoms with Crippen molar-refractivity contribution in [3.63, 3.8) is 0 Å². The molecule has 0 saturated carbocycles. The third-order valence-electron chi connectivity index (χ3n) is 2.17. The van der Waals surface area contributed by atoms with E-state index in [9.17, 15) is 9.59 Å². The average molecular weight is 280 g/mol. The van der Waals surface area contributed by atoms with Crippen LogP contribution in [0.2, 0.25) is 0 Å². The molecule has 0 unspecified atom stereocenters. The molecule has 0 bridgehead atoms. The van der Waals surface area contributed by atoms with Crippen LogP contribution in [0.3, 0.4) is 0 Å². The highest BCUT2D eigenvalue weighted by molar-refractivity contribution is 7.80. The van der Waals surface area contributed by atoms with E-state index in [0.717, 1.165) is 5.56 Å². The van der Waals surface area contributed by atoms with Crippen LogP contribution in [0.25, 0.3) is 6.08 Å². The molecule has 1 aromatic rings. The number of esters is 2. The molecular formula is C14H16O4S. The molecule has 0 spiro atoms. The Hall–Kier alpha value is -1.75. The van der Waals surface area contributed by atoms with Crippen LogP contribution in [-0.4, -0.2) is 24.5 Å². The molecular weight excluding hydrogens is 264 g/mol. The second-order valence-electron chi connectivity index (χ2n) is 3.67. The predicted molar refractivity (Wildman–Crippen MR) is 75.6 cm³/mol. The highest BCUT2D eigenvalue weighted by Crippen LogP contribution is 2.01. The number of benzene rings is 1. The molecule has 1 aromatic carbocycles. The third-order valence-corrected chi connectivity index (χ3v) is 2.49. The Morgan fingerprint density at radius 3 is 2.58 bits per heavy atom. The van der Waals surface area contributed by atoms with Crippen molar-refractivity contribution < 1.29 is 19.1 Å². The maximum Gasteiger partial charge on any atom is 0.333 e. The monoisotopic (exact) mass is 280 g/mol. The second-order valence-corrected chi connectivity index (χ2v) is 4.12. The zero-order chi connectivity index (χ0) is 13.9. The number of carbonyl (C=O) groups is 2. The fourth-order valence-electron chi connectivity index (χ4n) is 1.23. The summed E-state index contributed by atoms with van der Waals surface area (Å²) in [6, 6.07) is 9.35. The van der Waals surface area contributed by atoms with Gasteiger partial charge in [-0.1, -0.05) is 30.3 Å². The lowest BCUT2D eigenvalue weighted by Gasteiger charge is -2.03. The number of carbonyl (C=O) groups excluding carboxylic acids is 2. The van der Waals surface area contributed by atoms with Gasteiger partial charge in [-0.3, -0.25) is 4.79 Å². The van der Waals surface area contributed by atoms with Crippen LogP contribution in [0, 0.1) is 0 Å². The van der Waals surface area contributed by atoms with Gasteiger partial charge in [0.15, 0.2) is 0 Å². The SMILES string of the molecule is O=C(/C=C/c1ccccc1)OCOC(=O)CCCS. The van der Waals surface area contributed by atoms with Gasteiger partial charge in [0.2, 0.25) is 6.79 Å². The quantitative estimate of drug-likeness (QED) is 0.361. The molecule has 0 fully saturated rings. The predicted octanol–water partition coefficient (Wildman–Crippen LogP) is 2.45. The molecule has 4 nitrogen and oxygen atoms in total. The van der Waals surface area contributed by atoms with Gasteiger partial charge < -0.3 is 9.47 Å². The van der Waals surface area contributed by atoms with Gasteiger partial charge in [-0.05, 0) is 23.8 Å². The van der Waals surface area contributed by atoms with E-state index < -0.39 is 11.9 Å². The number of hydrogen-bond donors (Lipinski definition) is 1. The molecule has 5 heteroatoms. The lowest BCUT2D eigenvalue weighted by molar-refractivity contribution is -0.163. The topological polar surface area (TPSA) is 52.6 Å². The minimum Gasteiger partial charge on any atom is -0.428 e. The van der Waals surface area contributed by atoms with Gasteiger partial charge in [0, 0.05) is 12.5 Å². The van der Waals surface area contributed by atoms with Gasteiger partial charge in [0.1, 0.15) is 0 Å². The molecule has 0 aliphatic rings. The van der Waals surface area contributed by atoms with Gasteiger partial charge in [0.25, 0.3) is 0 Å². The smallest absolute Gasteiger partial charge is 0.333 e. The summed E-state index contributed by atoms with van der Waals surface area (Å²) in [7, 11) is 0. The fraction of sp³-hybridized carbons (Fsp3) is 0.286. The Balaban J connectivity index is 2.21. The maximum absolute atomic E-state index is 11.3. The van der Waals surface area contributed by atoms with Crippen molar-refractivity contribution in [2.75, 3.05) is 12.5 Å². The van der Waals surface area contributed by atoms with Crippen LogP contribution in [0.5, 0.6) is 0 Å². The zero-order valence-corrected chi connectivity index (χ0v) is 11.3. The first-order chi connectivity index (χ1) is 9.22. The lowest BCUT2D eigenvalue weighted by atomic mass is 10.2. The van der Waals surface area contributed by atoms with Gasteiger partial charge in [-0.25, -0.2) is 4.79 Å². The van der Waals surface area contributed by atoms with Crippen molar-refractivity contribution in [3.05, 3.63) is 42.0 Å². The van der Waals surface area contributed by atoms with E-state index in [-0.39, 0.29) is 13.2 Å². The number of thiol groups is 1. The van der Waals surface area contributed by atoms with Crippen LogP contribution in [0.15, 0.2) is 36.4 Å². The average Bonchev–Trinajstić information content (AvgIpc) is 2.44. The molecule has 0 heterocycles. The van der Waals surface area contributed by atoms with Crippen molar-refractivity contribution in [2.45, 2.75) is 12.8 Å². The summed E-state index contributed by atoms with van der Waals surface area (Å²) in [5.74, 6) is -0.325. The Morgan fingerprint density at radius 2 is 1.89 bits per heavy atom. The van der Waals surface area contributed by atoms with E-state index in [4.69, 9.17) is 9.47 Å². The summed E-state index contributed by atoms with van der Waals surface area (Å²) in [5.41, 5.74) is 0.894. The normalized spacial score (nSPS) is 10.4. The summed E-state index contributed by atoms with van der Waals surface area (Å²) < 4.78 is 9.44. The number of ether oxygens (including phenoxy) is 2. The Kier molecular flexibility index (Phi) is 7.43. The van der Waals surface area contributed by atoms with E-state index in [0.29, 0.717) is 12.2 Å². The maximum atomic E-state index is 11.3. The summed E-state index contributed by atoms with van der Waals surface area (Å²) in [4.78, 5) is 22.4. The van der Waals surface area contributed by atoms with Gasteiger partial charge in [0.05, 0.1) is 0 Å². The summed E-state index contributed by atoms with van der Waals surface area (Å²) in [6.45, 7) is -0.358. The molecule has 0 atom stereocenters. The van der Waals surface area contributed by atoms with E-state index >= 15 is 0 Å². The largest absolute Gasteiger partial charge is 0.428 e. The van der Waals surface area contributed by atoms with Crippen molar-refractivity contribution in [1.82, 2.24) is 0 Å². The van der Waals surface area contributed by atoms with Crippen LogP contribution in [-0.2, 0) is 19.1 Å². The highest BCUT2D eigenvalue weighted by Gasteiger charge is 2.03. The Morgan fingerprint density at radius 1 is 1.16 bits per heavy atom. The molecule has 0 aliphatic heterocycles. The van der Waals surface area contributed by atoms with Crippen molar-refractivity contribution in [2.24, 2.45) is 0 Å². The van der Waals surface area contributed by atoms with Crippen molar-refractivity contribution in [3.8, 4) is 0 Å². The first-order valence-electron chi connectivity index (χ1n) is 5.88. The second kappa shape index (κ2) is 9.22. The summed E-state index contributed by atoms with van der Waals surface area (Å²) >= 11 is 3.98. The fourth-order valence-corrected chi connectivity index (χ4v) is 1.38. The van der Waals surface area contributed by atoms with Crippen molar-refractivity contribution in [1.29, 1.82) is 0 Å². The highest BCUT2D eigenvalue weighted by atomic mass is 32.1. The van der Waals surface area contributed by atoms with E-state index in [1.807, 2.05) is 30.3 Å². The molecule has 0 aliphatic carbocycles. The van der Waals surface area contributed by atoms with Crippen LogP contribution < -0.4 is 0 Å². The van der Waals surface area contributed by atoms with Crippen molar-refractivity contribution >= 4 is 30.6 Å². The third kappa shape index (κ3) is 7.31. The molecule has 0 radical (unpaired) electrons. The van der Waals surface area contributed by atoms with Crippen LogP contribution in [0.4, 0.5) is 0 Å². The molecule has 102 valence electrons. The number of hydrogen-bond acceptors (Lipinski definition) is 5. The van der Waals surface area contributed by atoms with Gasteiger partial charge >= 0.3 is 11.9 Å². The van der Waals surface area contributed by atoms with E-state index in [1.165, 1.54) is 6.08 Å². The molecule has 0 saturated heterocycles. The summed E-state index contributed by atoms with van der Waals surface area (Å²) in [6.07, 6.45) is 3.84. The number of rotatable bonds is 7. The molecule has 0 amide bonds. The van der Waals surface area contributed by atoms with Gasteiger partial charge in [-0.15, -0.1) is 0 Å². The minimum absolute atomic E-state index is 0.279. The first kappa shape index (κ1) is 15.3. The molecule has 19 heavy (non-hydrogen) atoms. The standard InChI is InChI=1S/C14H16O4S/c15-13(7-4-10-19)17-11-18-14(16)9-8-12-5-2-1-3-6-12/h1-3,5-6,8-9,19H,4,7,10-11H2/b9-8+. The zero-order valence-electron chi connectivity index (χ0n) is 10.5. The summed E-state index contributed by atoms with van der Waals surface area (Å²) in [5, 5.41) is 0. The molecule has 0 N–H and O–H groups in total. The van der Waals surface area contributed by atoms with E-state index in [2.05, 4.69) is 12.6 Å². The Labute approximate surface area is 117 Å². The van der Waals surface area contributed by atoms with Crippen LogP contribution in [0.1, 0.15) is 18.4 Å². The van der Waals surface area contributed by atoms with Crippen LogP contribution >= 0.6 is 12.6 Å². The van der Waals surface area contributed by atoms with Gasteiger partial charge in [-0.2, -0.15) is 12.6 Å². The molecule has 1 rings (SSSR count). The molecule has 0 aromatic heterocycles.